The summed E-state index contributed by atoms with van der Waals surface area (Å²) in [5.41, 5.74) is 1.94. The zero-order chi connectivity index (χ0) is 36.7. The standard InChI is InChI=1S/C43H64N2O5/c1-26(2)28-15-20-43(36(47)45-25-30-27(3)12-11-23-44-30)22-21-41(9)29(35(28)43)13-14-32-40(8)18-17-33(50-34(46)24-38(4,5)37(48)49)39(6,7)31(40)16-19-42(32,41)10/h11-12,23,28-29,31-33,35H,1,13-22,24-25H2,2-10H3,(H,45,47)(H,48,49)/t28-,29+,31-,32+,33-,35+,40-,41+,42+,43-/m0/s1. The first-order chi connectivity index (χ1) is 23.2. The van der Waals surface area contributed by atoms with Crippen molar-refractivity contribution in [1.29, 1.82) is 0 Å². The van der Waals surface area contributed by atoms with Gasteiger partial charge in [0, 0.05) is 11.6 Å². The third kappa shape index (κ3) is 5.49. The number of esters is 1. The molecule has 7 nitrogen and oxygen atoms in total. The molecule has 50 heavy (non-hydrogen) atoms. The van der Waals surface area contributed by atoms with E-state index >= 15 is 0 Å². The van der Waals surface area contributed by atoms with Crippen molar-refractivity contribution in [3.05, 3.63) is 41.7 Å². The smallest absolute Gasteiger partial charge is 0.309 e. The first kappa shape index (κ1) is 37.1. The van der Waals surface area contributed by atoms with Gasteiger partial charge < -0.3 is 15.2 Å². The third-order valence-corrected chi connectivity index (χ3v) is 16.4. The molecular weight excluding hydrogens is 624 g/mol. The predicted molar refractivity (Wildman–Crippen MR) is 196 cm³/mol. The molecule has 2 N–H and O–H groups in total. The SMILES string of the molecule is C=C(C)[C@@H]1CC[C@]2(C(=O)NCc3ncccc3C)CC[C@]3(C)[C@H](CC[C@@H]4[C@@]5(C)CC[C@H](OC(=O)CC(C)(C)C(=O)O)C(C)(C)[C@@H]5CC[C@]43C)[C@@H]12. The van der Waals surface area contributed by atoms with E-state index < -0.39 is 17.4 Å². The lowest BCUT2D eigenvalue weighted by Gasteiger charge is -2.72. The van der Waals surface area contributed by atoms with Gasteiger partial charge in [-0.15, -0.1) is 0 Å². The van der Waals surface area contributed by atoms with E-state index in [2.05, 4.69) is 71.4 Å². The summed E-state index contributed by atoms with van der Waals surface area (Å²) in [7, 11) is 0. The lowest BCUT2D eigenvalue weighted by Crippen LogP contribution is -2.67. The molecule has 0 unspecified atom stereocenters. The molecule has 0 radical (unpaired) electrons. The second-order valence-electron chi connectivity index (χ2n) is 19.5. The summed E-state index contributed by atoms with van der Waals surface area (Å²) >= 11 is 0. The summed E-state index contributed by atoms with van der Waals surface area (Å²) in [6, 6.07) is 4.01. The van der Waals surface area contributed by atoms with Gasteiger partial charge in [0.15, 0.2) is 0 Å². The molecule has 276 valence electrons. The summed E-state index contributed by atoms with van der Waals surface area (Å²) in [4.78, 5) is 43.9. The molecule has 5 aliphatic rings. The van der Waals surface area contributed by atoms with Crippen molar-refractivity contribution in [2.24, 2.45) is 62.1 Å². The van der Waals surface area contributed by atoms with Crippen LogP contribution in [0.3, 0.4) is 0 Å². The highest BCUT2D eigenvalue weighted by Crippen LogP contribution is 2.77. The number of nitrogens with zero attached hydrogens (tertiary/aromatic N) is 1. The number of carboxylic acids is 1. The highest BCUT2D eigenvalue weighted by atomic mass is 16.5. The van der Waals surface area contributed by atoms with Crippen LogP contribution in [0.5, 0.6) is 0 Å². The van der Waals surface area contributed by atoms with Crippen LogP contribution in [0.4, 0.5) is 0 Å². The fourth-order valence-electron chi connectivity index (χ4n) is 13.4. The normalized spacial score (nSPS) is 40.3. The first-order valence-corrected chi connectivity index (χ1v) is 19.5. The summed E-state index contributed by atoms with van der Waals surface area (Å²) in [5, 5.41) is 13.0. The maximum Gasteiger partial charge on any atom is 0.309 e. The summed E-state index contributed by atoms with van der Waals surface area (Å²) in [6.07, 6.45) is 11.8. The molecular formula is C43H64N2O5. The van der Waals surface area contributed by atoms with Crippen molar-refractivity contribution in [1.82, 2.24) is 10.3 Å². The van der Waals surface area contributed by atoms with Crippen LogP contribution >= 0.6 is 0 Å². The molecule has 5 fully saturated rings. The highest BCUT2D eigenvalue weighted by molar-refractivity contribution is 5.84. The number of carbonyl (C=O) groups is 3. The molecule has 1 aromatic rings. The van der Waals surface area contributed by atoms with Crippen molar-refractivity contribution in [2.45, 2.75) is 146 Å². The van der Waals surface area contributed by atoms with Crippen LogP contribution in [0.15, 0.2) is 30.5 Å². The summed E-state index contributed by atoms with van der Waals surface area (Å²) in [5.74, 6) is 0.932. The topological polar surface area (TPSA) is 106 Å². The van der Waals surface area contributed by atoms with Gasteiger partial charge in [-0.05, 0) is 149 Å². The van der Waals surface area contributed by atoms with Crippen LogP contribution in [-0.4, -0.2) is 34.0 Å². The number of carbonyl (C=O) groups excluding carboxylic acids is 2. The Bertz CT molecular complexity index is 1550. The minimum absolute atomic E-state index is 0.115. The fourth-order valence-corrected chi connectivity index (χ4v) is 13.4. The average Bonchev–Trinajstić information content (AvgIpc) is 3.43. The molecule has 5 saturated carbocycles. The lowest BCUT2D eigenvalue weighted by atomic mass is 9.32. The van der Waals surface area contributed by atoms with Gasteiger partial charge in [0.25, 0.3) is 0 Å². The fraction of sp³-hybridized carbons (Fsp3) is 0.767. The number of nitrogens with one attached hydrogen (secondary N) is 1. The lowest BCUT2D eigenvalue weighted by molar-refractivity contribution is -0.249. The molecule has 0 saturated heterocycles. The molecule has 0 aliphatic heterocycles. The number of aryl methyl sites for hydroxylation is 1. The number of carboxylic acid groups (broad SMARTS) is 1. The zero-order valence-corrected chi connectivity index (χ0v) is 32.4. The summed E-state index contributed by atoms with van der Waals surface area (Å²) in [6.45, 7) is 24.8. The quantitative estimate of drug-likeness (QED) is 0.209. The van der Waals surface area contributed by atoms with Gasteiger partial charge in [-0.3, -0.25) is 19.4 Å². The second-order valence-corrected chi connectivity index (χ2v) is 19.5. The second kappa shape index (κ2) is 12.5. The average molecular weight is 689 g/mol. The van der Waals surface area contributed by atoms with Crippen LogP contribution in [-0.2, 0) is 25.7 Å². The van der Waals surface area contributed by atoms with Crippen molar-refractivity contribution in [2.75, 3.05) is 0 Å². The molecule has 0 aromatic carbocycles. The van der Waals surface area contributed by atoms with Gasteiger partial charge in [0.1, 0.15) is 6.10 Å². The molecule has 1 heterocycles. The van der Waals surface area contributed by atoms with Gasteiger partial charge in [-0.2, -0.15) is 0 Å². The van der Waals surface area contributed by atoms with Gasteiger partial charge in [-0.1, -0.05) is 52.8 Å². The van der Waals surface area contributed by atoms with E-state index in [1.165, 1.54) is 12.0 Å². The van der Waals surface area contributed by atoms with E-state index in [1.54, 1.807) is 13.8 Å². The Morgan fingerprint density at radius 2 is 1.68 bits per heavy atom. The minimum Gasteiger partial charge on any atom is -0.481 e. The molecule has 6 rings (SSSR count). The molecule has 1 amide bonds. The Balaban J connectivity index is 1.25. The van der Waals surface area contributed by atoms with E-state index in [9.17, 15) is 19.5 Å². The van der Waals surface area contributed by atoms with E-state index in [0.29, 0.717) is 36.1 Å². The van der Waals surface area contributed by atoms with Crippen LogP contribution in [0.2, 0.25) is 0 Å². The van der Waals surface area contributed by atoms with Crippen molar-refractivity contribution in [3.8, 4) is 0 Å². The molecule has 0 spiro atoms. The van der Waals surface area contributed by atoms with Gasteiger partial charge in [0.2, 0.25) is 5.91 Å². The number of rotatable bonds is 8. The number of aliphatic carboxylic acids is 1. The van der Waals surface area contributed by atoms with E-state index in [1.807, 2.05) is 12.3 Å². The van der Waals surface area contributed by atoms with Gasteiger partial charge >= 0.3 is 11.9 Å². The molecule has 5 aliphatic carbocycles. The van der Waals surface area contributed by atoms with E-state index in [4.69, 9.17) is 4.74 Å². The number of fused-ring (bicyclic) bond motifs is 7. The third-order valence-electron chi connectivity index (χ3n) is 16.4. The number of hydrogen-bond acceptors (Lipinski definition) is 5. The highest BCUT2D eigenvalue weighted by Gasteiger charge is 2.72. The van der Waals surface area contributed by atoms with E-state index in [0.717, 1.165) is 69.0 Å². The molecule has 7 heteroatoms. The Hall–Kier alpha value is -2.70. The summed E-state index contributed by atoms with van der Waals surface area (Å²) < 4.78 is 6.17. The monoisotopic (exact) mass is 688 g/mol. The molecule has 10 atom stereocenters. The van der Waals surface area contributed by atoms with Crippen LogP contribution in [0, 0.1) is 69.0 Å². The van der Waals surface area contributed by atoms with Gasteiger partial charge in [0.05, 0.1) is 29.5 Å². The Kier molecular flexibility index (Phi) is 9.24. The van der Waals surface area contributed by atoms with Gasteiger partial charge in [-0.25, -0.2) is 0 Å². The van der Waals surface area contributed by atoms with Crippen LogP contribution < -0.4 is 5.32 Å². The maximum absolute atomic E-state index is 14.5. The van der Waals surface area contributed by atoms with E-state index in [-0.39, 0.29) is 45.5 Å². The van der Waals surface area contributed by atoms with Crippen molar-refractivity contribution < 1.29 is 24.2 Å². The number of aromatic nitrogens is 1. The maximum atomic E-state index is 14.5. The van der Waals surface area contributed by atoms with Crippen LogP contribution in [0.1, 0.15) is 137 Å². The first-order valence-electron chi connectivity index (χ1n) is 19.5. The molecule has 0 bridgehead atoms. The number of allylic oxidation sites excluding steroid dienone is 1. The Morgan fingerprint density at radius 3 is 2.34 bits per heavy atom. The minimum atomic E-state index is -1.15. The largest absolute Gasteiger partial charge is 0.481 e. The number of amides is 1. The number of hydrogen-bond donors (Lipinski definition) is 2. The zero-order valence-electron chi connectivity index (χ0n) is 32.4. The Morgan fingerprint density at radius 1 is 0.960 bits per heavy atom. The predicted octanol–water partition coefficient (Wildman–Crippen LogP) is 9.08. The van der Waals surface area contributed by atoms with Crippen molar-refractivity contribution in [3.63, 3.8) is 0 Å². The Labute approximate surface area is 301 Å². The van der Waals surface area contributed by atoms with Crippen LogP contribution in [0.25, 0.3) is 0 Å². The van der Waals surface area contributed by atoms with Crippen molar-refractivity contribution >= 4 is 17.8 Å². The number of ether oxygens (including phenoxy) is 1. The number of pyridine rings is 1. The molecule has 1 aromatic heterocycles.